The number of rotatable bonds is 8. The van der Waals surface area contributed by atoms with Crippen LogP contribution in [0.5, 0.6) is 11.5 Å². The van der Waals surface area contributed by atoms with Gasteiger partial charge in [0.2, 0.25) is 0 Å². The summed E-state index contributed by atoms with van der Waals surface area (Å²) in [5.74, 6) is 0.229. The number of halogens is 1. The number of hydrogen-bond donors (Lipinski definition) is 2. The van der Waals surface area contributed by atoms with E-state index in [-0.39, 0.29) is 5.56 Å². The lowest BCUT2D eigenvalue weighted by Gasteiger charge is -2.17. The lowest BCUT2D eigenvalue weighted by Crippen LogP contribution is -2.07. The first kappa shape index (κ1) is 20.6. The molecule has 0 spiro atoms. The summed E-state index contributed by atoms with van der Waals surface area (Å²) in [5.41, 5.74) is 3.81. The second-order valence-electron chi connectivity index (χ2n) is 6.56. The van der Waals surface area contributed by atoms with Gasteiger partial charge < -0.3 is 19.9 Å². The second-order valence-corrected chi connectivity index (χ2v) is 7.00. The molecule has 2 N–H and O–H groups in total. The Bertz CT molecular complexity index is 1010. The van der Waals surface area contributed by atoms with Gasteiger partial charge in [-0.1, -0.05) is 41.9 Å². The highest BCUT2D eigenvalue weighted by Gasteiger charge is 2.14. The van der Waals surface area contributed by atoms with Crippen LogP contribution in [0.15, 0.2) is 60.7 Å². The Labute approximate surface area is 174 Å². The van der Waals surface area contributed by atoms with Crippen LogP contribution in [0.1, 0.15) is 27.0 Å². The Balaban J connectivity index is 1.82. The molecule has 0 unspecified atom stereocenters. The SMILES string of the molecule is COc1cc(Cl)cc(CNc2ccc(C(=O)O)cc2C)c1OCc1ccccc1. The fourth-order valence-corrected chi connectivity index (χ4v) is 3.22. The zero-order valence-electron chi connectivity index (χ0n) is 16.2. The van der Waals surface area contributed by atoms with Gasteiger partial charge in [0, 0.05) is 28.9 Å². The van der Waals surface area contributed by atoms with Gasteiger partial charge in [-0.3, -0.25) is 0 Å². The van der Waals surface area contributed by atoms with Gasteiger partial charge >= 0.3 is 5.97 Å². The summed E-state index contributed by atoms with van der Waals surface area (Å²) in [6, 6.07) is 18.4. The van der Waals surface area contributed by atoms with Crippen molar-refractivity contribution in [2.75, 3.05) is 12.4 Å². The molecule has 150 valence electrons. The zero-order chi connectivity index (χ0) is 20.8. The maximum Gasteiger partial charge on any atom is 0.335 e. The molecular formula is C23H22ClNO4. The lowest BCUT2D eigenvalue weighted by atomic mass is 10.1. The highest BCUT2D eigenvalue weighted by atomic mass is 35.5. The molecular weight excluding hydrogens is 390 g/mol. The molecule has 0 saturated carbocycles. The van der Waals surface area contributed by atoms with Crippen molar-refractivity contribution in [1.29, 1.82) is 0 Å². The average Bonchev–Trinajstić information content (AvgIpc) is 2.72. The van der Waals surface area contributed by atoms with Gasteiger partial charge in [-0.2, -0.15) is 0 Å². The molecule has 29 heavy (non-hydrogen) atoms. The van der Waals surface area contributed by atoms with Crippen LogP contribution in [0.3, 0.4) is 0 Å². The van der Waals surface area contributed by atoms with Crippen molar-refractivity contribution in [2.45, 2.75) is 20.1 Å². The van der Waals surface area contributed by atoms with Crippen LogP contribution < -0.4 is 14.8 Å². The number of ether oxygens (including phenoxy) is 2. The minimum atomic E-state index is -0.948. The molecule has 0 saturated heterocycles. The van der Waals surface area contributed by atoms with Crippen molar-refractivity contribution in [1.82, 2.24) is 0 Å². The fraction of sp³-hybridized carbons (Fsp3) is 0.174. The molecule has 0 heterocycles. The van der Waals surface area contributed by atoms with E-state index in [4.69, 9.17) is 26.2 Å². The van der Waals surface area contributed by atoms with Crippen LogP contribution in [0.2, 0.25) is 5.02 Å². The largest absolute Gasteiger partial charge is 0.493 e. The summed E-state index contributed by atoms with van der Waals surface area (Å²) in [6.07, 6.45) is 0. The molecule has 0 amide bonds. The first-order valence-corrected chi connectivity index (χ1v) is 9.46. The molecule has 0 aliphatic rings. The normalized spacial score (nSPS) is 10.4. The highest BCUT2D eigenvalue weighted by molar-refractivity contribution is 6.30. The third-order valence-corrected chi connectivity index (χ3v) is 4.70. The number of anilines is 1. The van der Waals surface area contributed by atoms with Crippen molar-refractivity contribution in [2.24, 2.45) is 0 Å². The number of carbonyl (C=O) groups is 1. The van der Waals surface area contributed by atoms with Crippen LogP contribution in [0.4, 0.5) is 5.69 Å². The summed E-state index contributed by atoms with van der Waals surface area (Å²) in [5, 5.41) is 13.0. The van der Waals surface area contributed by atoms with E-state index in [1.807, 2.05) is 43.3 Å². The molecule has 3 aromatic rings. The summed E-state index contributed by atoms with van der Waals surface area (Å²) in [6.45, 7) is 2.70. The third kappa shape index (κ3) is 5.21. The van der Waals surface area contributed by atoms with E-state index in [0.717, 1.165) is 22.4 Å². The summed E-state index contributed by atoms with van der Waals surface area (Å²) >= 11 is 6.26. The van der Waals surface area contributed by atoms with Gasteiger partial charge in [-0.25, -0.2) is 4.79 Å². The van der Waals surface area contributed by atoms with Crippen LogP contribution in [-0.2, 0) is 13.2 Å². The molecule has 0 aliphatic carbocycles. The van der Waals surface area contributed by atoms with E-state index < -0.39 is 5.97 Å². The maximum absolute atomic E-state index is 11.1. The Hall–Kier alpha value is -3.18. The van der Waals surface area contributed by atoms with E-state index in [9.17, 15) is 4.79 Å². The Morgan fingerprint density at radius 1 is 1.10 bits per heavy atom. The minimum Gasteiger partial charge on any atom is -0.493 e. The topological polar surface area (TPSA) is 67.8 Å². The van der Waals surface area contributed by atoms with Crippen molar-refractivity contribution in [3.63, 3.8) is 0 Å². The first-order chi connectivity index (χ1) is 14.0. The average molecular weight is 412 g/mol. The molecule has 0 fully saturated rings. The summed E-state index contributed by atoms with van der Waals surface area (Å²) in [7, 11) is 1.58. The fourth-order valence-electron chi connectivity index (χ4n) is 2.98. The number of aromatic carboxylic acids is 1. The number of benzene rings is 3. The predicted molar refractivity (Wildman–Crippen MR) is 114 cm³/mol. The molecule has 0 bridgehead atoms. The van der Waals surface area contributed by atoms with Crippen molar-refractivity contribution < 1.29 is 19.4 Å². The van der Waals surface area contributed by atoms with Gasteiger partial charge in [0.25, 0.3) is 0 Å². The van der Waals surface area contributed by atoms with Gasteiger partial charge in [0.1, 0.15) is 6.61 Å². The summed E-state index contributed by atoms with van der Waals surface area (Å²) in [4.78, 5) is 11.1. The Morgan fingerprint density at radius 2 is 1.86 bits per heavy atom. The first-order valence-electron chi connectivity index (χ1n) is 9.09. The number of hydrogen-bond acceptors (Lipinski definition) is 4. The van der Waals surface area contributed by atoms with Gasteiger partial charge in [-0.15, -0.1) is 0 Å². The Morgan fingerprint density at radius 3 is 2.52 bits per heavy atom. The van der Waals surface area contributed by atoms with E-state index in [0.29, 0.717) is 29.7 Å². The number of nitrogens with one attached hydrogen (secondary N) is 1. The molecule has 5 nitrogen and oxygen atoms in total. The number of carboxylic acid groups (broad SMARTS) is 1. The van der Waals surface area contributed by atoms with E-state index in [1.54, 1.807) is 31.4 Å². The highest BCUT2D eigenvalue weighted by Crippen LogP contribution is 2.36. The molecule has 0 radical (unpaired) electrons. The van der Waals surface area contributed by atoms with Gasteiger partial charge in [-0.05, 0) is 42.3 Å². The van der Waals surface area contributed by atoms with E-state index in [2.05, 4.69) is 5.32 Å². The summed E-state index contributed by atoms with van der Waals surface area (Å²) < 4.78 is 11.5. The molecule has 0 atom stereocenters. The number of carboxylic acids is 1. The lowest BCUT2D eigenvalue weighted by molar-refractivity contribution is 0.0697. The van der Waals surface area contributed by atoms with Crippen LogP contribution in [-0.4, -0.2) is 18.2 Å². The van der Waals surface area contributed by atoms with E-state index >= 15 is 0 Å². The zero-order valence-corrected chi connectivity index (χ0v) is 17.0. The standard InChI is InChI=1S/C23H22ClNO4/c1-15-10-17(23(26)27)8-9-20(15)25-13-18-11-19(24)12-21(28-2)22(18)29-14-16-6-4-3-5-7-16/h3-12,25H,13-14H2,1-2H3,(H,26,27). The van der Waals surface area contributed by atoms with Crippen LogP contribution in [0.25, 0.3) is 0 Å². The predicted octanol–water partition coefficient (Wildman–Crippen LogP) is 5.55. The molecule has 3 rings (SSSR count). The number of methoxy groups -OCH3 is 1. The Kier molecular flexibility index (Phi) is 6.62. The monoisotopic (exact) mass is 411 g/mol. The van der Waals surface area contributed by atoms with Crippen molar-refractivity contribution in [3.8, 4) is 11.5 Å². The van der Waals surface area contributed by atoms with Crippen molar-refractivity contribution in [3.05, 3.63) is 87.9 Å². The third-order valence-electron chi connectivity index (χ3n) is 4.49. The maximum atomic E-state index is 11.1. The number of aryl methyl sites for hydroxylation is 1. The van der Waals surface area contributed by atoms with Gasteiger partial charge in [0.15, 0.2) is 11.5 Å². The minimum absolute atomic E-state index is 0.254. The van der Waals surface area contributed by atoms with Crippen LogP contribution in [0, 0.1) is 6.92 Å². The molecule has 6 heteroatoms. The van der Waals surface area contributed by atoms with Crippen molar-refractivity contribution >= 4 is 23.3 Å². The quantitative estimate of drug-likeness (QED) is 0.509. The van der Waals surface area contributed by atoms with Crippen LogP contribution >= 0.6 is 11.6 Å². The molecule has 3 aromatic carbocycles. The second kappa shape index (κ2) is 9.34. The molecule has 0 aliphatic heterocycles. The van der Waals surface area contributed by atoms with E-state index in [1.165, 1.54) is 0 Å². The molecule has 0 aromatic heterocycles. The van der Waals surface area contributed by atoms with Gasteiger partial charge in [0.05, 0.1) is 12.7 Å². The smallest absolute Gasteiger partial charge is 0.335 e.